The number of esters is 1. The highest BCUT2D eigenvalue weighted by Gasteiger charge is 2.79. The Bertz CT molecular complexity index is 2390. The Balaban J connectivity index is 0.904. The Labute approximate surface area is 459 Å². The molecule has 2 unspecified atom stereocenters. The van der Waals surface area contributed by atoms with Gasteiger partial charge < -0.3 is 93.3 Å². The Morgan fingerprint density at radius 1 is 0.747 bits per heavy atom. The zero-order valence-corrected chi connectivity index (χ0v) is 46.5. The fourth-order valence-corrected chi connectivity index (χ4v) is 16.3. The standard InChI is InChI=1S/C53H82O25S/c1-23(2)10-9-15-52(7)43-26(56)18-51(6)25-11-12-31-49(3,4)32(14-16-50(31,5)24(25)13-17-53(43,51)48(64)77-52)73-47-42(34(59)30(22-70-47)78-79(65,66)67)76-45-36(61)35(60)40(29(20-55)72-45)75-44-37(62)39(27(57)21-69-44)74-46-38(63)41(68-8)33(58)28(19-54)71-46/h11,24,27-47,54-55,57-63H,1,9-10,12-22H2,2-8H3,(H,65,66,67)/t24-,27-,28-,29-,30-,31?,32+,33-,34+,35-,36-,37-,38-,39+,40-,41+,42-,43-,44+,45+,46+,47+,50-,51+,52+,53?/m1/s1. The van der Waals surface area contributed by atoms with Gasteiger partial charge in [0.2, 0.25) is 0 Å². The minimum Gasteiger partial charge on any atom is -0.458 e. The Morgan fingerprint density at radius 3 is 2.04 bits per heavy atom. The number of cyclic esters (lactones) is 1. The van der Waals surface area contributed by atoms with Crippen LogP contribution in [-0.2, 0) is 71.5 Å². The van der Waals surface area contributed by atoms with Crippen LogP contribution in [-0.4, -0.2) is 227 Å². The van der Waals surface area contributed by atoms with Crippen molar-refractivity contribution in [3.8, 4) is 0 Å². The molecule has 10 N–H and O–H groups in total. The Morgan fingerprint density at radius 2 is 1.38 bits per heavy atom. The molecule has 0 aromatic carbocycles. The minimum absolute atomic E-state index is 0.0163. The number of carbonyl (C=O) groups is 2. The van der Waals surface area contributed by atoms with Crippen LogP contribution >= 0.6 is 0 Å². The third kappa shape index (κ3) is 10.5. The predicted octanol–water partition coefficient (Wildman–Crippen LogP) is -0.770. The molecule has 3 saturated carbocycles. The summed E-state index contributed by atoms with van der Waals surface area (Å²) in [6, 6.07) is 0. The van der Waals surface area contributed by atoms with Gasteiger partial charge in [0.05, 0.1) is 43.9 Å². The van der Waals surface area contributed by atoms with E-state index in [2.05, 4.69) is 40.3 Å². The van der Waals surface area contributed by atoms with E-state index in [1.807, 2.05) is 13.8 Å². The van der Waals surface area contributed by atoms with E-state index in [-0.39, 0.29) is 35.4 Å². The first-order valence-electron chi connectivity index (χ1n) is 27.5. The highest BCUT2D eigenvalue weighted by Crippen LogP contribution is 2.75. The largest absolute Gasteiger partial charge is 0.458 e. The summed E-state index contributed by atoms with van der Waals surface area (Å²) >= 11 is 0. The molecule has 4 aliphatic carbocycles. The van der Waals surface area contributed by atoms with Crippen molar-refractivity contribution in [3.05, 3.63) is 23.8 Å². The number of Topliss-reactive ketones (excluding diaryl/α,β-unsaturated/α-hetero) is 1. The molecule has 5 saturated heterocycles. The maximum Gasteiger partial charge on any atom is 0.397 e. The van der Waals surface area contributed by atoms with E-state index in [4.69, 9.17) is 51.6 Å². The van der Waals surface area contributed by atoms with Gasteiger partial charge in [-0.1, -0.05) is 44.9 Å². The number of carbonyl (C=O) groups excluding carboxylic acids is 2. The smallest absolute Gasteiger partial charge is 0.397 e. The molecule has 26 atom stereocenters. The van der Waals surface area contributed by atoms with Gasteiger partial charge in [0, 0.05) is 18.9 Å². The van der Waals surface area contributed by atoms with Gasteiger partial charge in [-0.15, -0.1) is 6.58 Å². The normalized spacial score (nSPS) is 49.7. The SMILES string of the molecule is C=C(C)CCC[C@]1(C)OC(=O)C23CC[C@@H]4C(=CCC5C(C)(C)[C@@H](O[C@@H]6OC[C@@H](OS(=O)(=O)O)[C@H](O)[C@H]6O[C@@H]6O[C@H](CO)[C@@H](O[C@@H]7OC[C@@H](O)[C@H](O[C@@H]8O[C@H](CO)[C@@H](O)[C@H](OC)[C@H]8O)[C@H]7O)[C@H](O)[C@H]6O)CC[C@@]54C)[C@]2(C)CC(=O)[C@@H]31. The van der Waals surface area contributed by atoms with Crippen molar-refractivity contribution in [2.24, 2.45) is 39.4 Å². The molecule has 5 aliphatic heterocycles. The molecule has 0 aromatic rings. The number of aliphatic hydroxyl groups is 9. The highest BCUT2D eigenvalue weighted by molar-refractivity contribution is 7.80. The first kappa shape index (κ1) is 61.3. The summed E-state index contributed by atoms with van der Waals surface area (Å²) in [6.07, 6.45) is -24.0. The van der Waals surface area contributed by atoms with Crippen LogP contribution in [0.25, 0.3) is 0 Å². The van der Waals surface area contributed by atoms with Crippen molar-refractivity contribution in [3.63, 3.8) is 0 Å². The van der Waals surface area contributed by atoms with E-state index in [0.717, 1.165) is 24.0 Å². The lowest BCUT2D eigenvalue weighted by Gasteiger charge is -2.63. The van der Waals surface area contributed by atoms with Crippen LogP contribution in [0.15, 0.2) is 23.8 Å². The third-order valence-electron chi connectivity index (χ3n) is 19.8. The van der Waals surface area contributed by atoms with E-state index in [0.29, 0.717) is 38.5 Å². The monoisotopic (exact) mass is 1150 g/mol. The zero-order chi connectivity index (χ0) is 57.7. The molecule has 8 fully saturated rings. The summed E-state index contributed by atoms with van der Waals surface area (Å²) in [4.78, 5) is 28.7. The molecule has 25 nitrogen and oxygen atoms in total. The molecule has 5 heterocycles. The molecule has 26 heteroatoms. The van der Waals surface area contributed by atoms with E-state index in [1.165, 1.54) is 7.11 Å². The summed E-state index contributed by atoms with van der Waals surface area (Å²) in [5.41, 5.74) is -1.49. The van der Waals surface area contributed by atoms with E-state index >= 15 is 0 Å². The molecular formula is C53H82O25S. The van der Waals surface area contributed by atoms with Gasteiger partial charge in [0.25, 0.3) is 0 Å². The number of ketones is 1. The molecule has 1 spiro atoms. The van der Waals surface area contributed by atoms with Crippen molar-refractivity contribution in [1.82, 2.24) is 0 Å². The molecule has 9 rings (SSSR count). The lowest BCUT2D eigenvalue weighted by molar-refractivity contribution is -0.385. The average Bonchev–Trinajstić information content (AvgIpc) is 2.69. The van der Waals surface area contributed by atoms with Gasteiger partial charge in [-0.3, -0.25) is 14.1 Å². The molecule has 0 aromatic heterocycles. The van der Waals surface area contributed by atoms with E-state index in [1.54, 1.807) is 0 Å². The van der Waals surface area contributed by atoms with Gasteiger partial charge in [-0.05, 0) is 87.9 Å². The number of allylic oxidation sites excluding steroid dienone is 3. The van der Waals surface area contributed by atoms with Crippen LogP contribution in [0.3, 0.4) is 0 Å². The second kappa shape index (κ2) is 22.6. The van der Waals surface area contributed by atoms with Crippen LogP contribution in [0.4, 0.5) is 0 Å². The van der Waals surface area contributed by atoms with Crippen LogP contribution in [0, 0.1) is 39.4 Å². The summed E-state index contributed by atoms with van der Waals surface area (Å²) in [7, 11) is -4.00. The van der Waals surface area contributed by atoms with E-state index in [9.17, 15) is 68.5 Å². The predicted molar refractivity (Wildman–Crippen MR) is 267 cm³/mol. The minimum atomic E-state index is -5.19. The quantitative estimate of drug-likeness (QED) is 0.0486. The second-order valence-corrected chi connectivity index (χ2v) is 25.9. The number of methoxy groups -OCH3 is 1. The second-order valence-electron chi connectivity index (χ2n) is 24.9. The lowest BCUT2D eigenvalue weighted by Crippen LogP contribution is -2.66. The number of ether oxygens (including phenoxy) is 10. The van der Waals surface area contributed by atoms with Crippen LogP contribution in [0.2, 0.25) is 0 Å². The van der Waals surface area contributed by atoms with Crippen LogP contribution < -0.4 is 0 Å². The first-order valence-corrected chi connectivity index (χ1v) is 28.8. The molecule has 0 amide bonds. The van der Waals surface area contributed by atoms with Crippen molar-refractivity contribution in [1.29, 1.82) is 0 Å². The number of aliphatic hydroxyl groups excluding tert-OH is 9. The molecule has 9 aliphatic rings. The van der Waals surface area contributed by atoms with E-state index < -0.39 is 181 Å². The average molecular weight is 1150 g/mol. The summed E-state index contributed by atoms with van der Waals surface area (Å²) < 4.78 is 97.4. The zero-order valence-electron chi connectivity index (χ0n) is 45.7. The van der Waals surface area contributed by atoms with Gasteiger partial charge in [-0.25, -0.2) is 4.18 Å². The van der Waals surface area contributed by atoms with Crippen molar-refractivity contribution < 1.29 is 120 Å². The van der Waals surface area contributed by atoms with Crippen LogP contribution in [0.1, 0.15) is 99.3 Å². The van der Waals surface area contributed by atoms with Crippen molar-refractivity contribution in [2.75, 3.05) is 33.5 Å². The van der Waals surface area contributed by atoms with Crippen LogP contribution in [0.5, 0.6) is 0 Å². The summed E-state index contributed by atoms with van der Waals surface area (Å²) in [5, 5.41) is 98.8. The van der Waals surface area contributed by atoms with Gasteiger partial charge in [0.1, 0.15) is 96.8 Å². The number of hydrogen-bond acceptors (Lipinski definition) is 24. The molecule has 79 heavy (non-hydrogen) atoms. The summed E-state index contributed by atoms with van der Waals surface area (Å²) in [6.45, 7) is 13.5. The molecule has 0 bridgehead atoms. The number of fused-ring (bicyclic) bond motifs is 4. The lowest BCUT2D eigenvalue weighted by atomic mass is 9.41. The Hall–Kier alpha value is -2.23. The maximum absolute atomic E-state index is 14.4. The van der Waals surface area contributed by atoms with Gasteiger partial charge >= 0.3 is 16.4 Å². The van der Waals surface area contributed by atoms with Gasteiger partial charge in [-0.2, -0.15) is 8.42 Å². The Kier molecular flexibility index (Phi) is 17.6. The fourth-order valence-electron chi connectivity index (χ4n) is 15.8. The fraction of sp³-hybridized carbons (Fsp3) is 0.887. The topological polar surface area (TPSA) is 372 Å². The van der Waals surface area contributed by atoms with Crippen molar-refractivity contribution in [2.45, 2.75) is 222 Å². The highest BCUT2D eigenvalue weighted by atomic mass is 32.3. The molecule has 450 valence electrons. The number of rotatable bonds is 17. The van der Waals surface area contributed by atoms with Crippen molar-refractivity contribution >= 4 is 22.2 Å². The first-order chi connectivity index (χ1) is 37.0. The number of hydrogen-bond donors (Lipinski definition) is 10. The maximum atomic E-state index is 14.4. The molecular weight excluding hydrogens is 1070 g/mol. The van der Waals surface area contributed by atoms with Gasteiger partial charge in [0.15, 0.2) is 25.2 Å². The molecule has 0 radical (unpaired) electrons. The third-order valence-corrected chi connectivity index (χ3v) is 20.2. The summed E-state index contributed by atoms with van der Waals surface area (Å²) in [5.74, 6) is -0.821.